The molecule has 1 aliphatic carbocycles. The molecule has 1 atom stereocenters. The van der Waals surface area contributed by atoms with E-state index in [2.05, 4.69) is 20.8 Å². The molecule has 7 nitrogen and oxygen atoms in total. The Morgan fingerprint density at radius 1 is 1.59 bits per heavy atom. The molecule has 1 aromatic rings. The van der Waals surface area contributed by atoms with Gasteiger partial charge in [0.1, 0.15) is 0 Å². The van der Waals surface area contributed by atoms with E-state index in [4.69, 9.17) is 10.6 Å². The first-order valence-electron chi connectivity index (χ1n) is 5.91. The summed E-state index contributed by atoms with van der Waals surface area (Å²) in [6.45, 7) is 0. The Kier molecular flexibility index (Phi) is 3.70. The fourth-order valence-corrected chi connectivity index (χ4v) is 2.33. The zero-order chi connectivity index (χ0) is 12.3. The lowest BCUT2D eigenvalue weighted by atomic mass is 9.75. The van der Waals surface area contributed by atoms with E-state index in [1.165, 1.54) is 11.2 Å². The Bertz CT molecular complexity index is 356. The first-order chi connectivity index (χ1) is 8.17. The first kappa shape index (κ1) is 12.4. The maximum absolute atomic E-state index is 5.59. The molecular weight excluding hydrogens is 220 g/mol. The lowest BCUT2D eigenvalue weighted by molar-refractivity contribution is -0.0835. The normalized spacial score (nSPS) is 19.9. The van der Waals surface area contributed by atoms with E-state index in [0.29, 0.717) is 12.2 Å². The second kappa shape index (κ2) is 5.07. The monoisotopic (exact) mass is 240 g/mol. The van der Waals surface area contributed by atoms with Gasteiger partial charge in [-0.1, -0.05) is 0 Å². The highest BCUT2D eigenvalue weighted by Crippen LogP contribution is 2.39. The van der Waals surface area contributed by atoms with E-state index in [-0.39, 0.29) is 11.6 Å². The van der Waals surface area contributed by atoms with Gasteiger partial charge in [-0.2, -0.15) is 4.80 Å². The van der Waals surface area contributed by atoms with E-state index in [1.54, 1.807) is 14.2 Å². The summed E-state index contributed by atoms with van der Waals surface area (Å²) >= 11 is 0. The van der Waals surface area contributed by atoms with E-state index < -0.39 is 0 Å². The number of aromatic nitrogens is 4. The number of ether oxygens (including phenoxy) is 1. The molecule has 0 spiro atoms. The van der Waals surface area contributed by atoms with Gasteiger partial charge in [0.25, 0.3) is 0 Å². The number of tetrazole rings is 1. The van der Waals surface area contributed by atoms with E-state index in [9.17, 15) is 0 Å². The van der Waals surface area contributed by atoms with Crippen molar-refractivity contribution in [1.82, 2.24) is 25.6 Å². The molecule has 1 aromatic heterocycles. The molecule has 7 heteroatoms. The highest BCUT2D eigenvalue weighted by Gasteiger charge is 2.39. The van der Waals surface area contributed by atoms with Gasteiger partial charge in [-0.05, 0) is 30.9 Å². The van der Waals surface area contributed by atoms with Crippen LogP contribution in [0.25, 0.3) is 0 Å². The Morgan fingerprint density at radius 2 is 2.35 bits per heavy atom. The molecule has 1 saturated carbocycles. The fourth-order valence-electron chi connectivity index (χ4n) is 2.33. The quantitative estimate of drug-likeness (QED) is 0.516. The number of nitrogens with one attached hydrogen (secondary N) is 1. The van der Waals surface area contributed by atoms with Crippen LogP contribution in [0, 0.1) is 0 Å². The third-order valence-corrected chi connectivity index (χ3v) is 3.53. The summed E-state index contributed by atoms with van der Waals surface area (Å²) in [4.78, 5) is 1.46. The predicted octanol–water partition coefficient (Wildman–Crippen LogP) is -0.456. The molecule has 0 saturated heterocycles. The highest BCUT2D eigenvalue weighted by molar-refractivity contribution is 4.95. The number of hydrazine groups is 1. The molecule has 0 aliphatic heterocycles. The molecule has 1 heterocycles. The van der Waals surface area contributed by atoms with E-state index in [1.807, 2.05) is 0 Å². The van der Waals surface area contributed by atoms with Crippen LogP contribution >= 0.6 is 0 Å². The Balaban J connectivity index is 1.92. The van der Waals surface area contributed by atoms with Gasteiger partial charge in [-0.3, -0.25) is 11.3 Å². The van der Waals surface area contributed by atoms with Crippen LogP contribution in [0.4, 0.5) is 0 Å². The van der Waals surface area contributed by atoms with Crippen molar-refractivity contribution < 1.29 is 4.74 Å². The first-order valence-corrected chi connectivity index (χ1v) is 5.91. The molecule has 1 fully saturated rings. The van der Waals surface area contributed by atoms with Crippen LogP contribution < -0.4 is 11.3 Å². The SMILES string of the molecule is COC1(CC(Cc2nnn(C)n2)NN)CCC1. The molecular formula is C10H20N6O. The van der Waals surface area contributed by atoms with Crippen LogP contribution in [-0.2, 0) is 18.2 Å². The third kappa shape index (κ3) is 2.80. The van der Waals surface area contributed by atoms with Gasteiger partial charge in [0.2, 0.25) is 0 Å². The lowest BCUT2D eigenvalue weighted by Crippen LogP contribution is -2.48. The standard InChI is InChI=1S/C10H20N6O/c1-16-14-9(13-15-16)6-8(12-11)7-10(17-2)4-3-5-10/h8,12H,3-7,11H2,1-2H3. The molecule has 1 unspecified atom stereocenters. The molecule has 1 aliphatic rings. The van der Waals surface area contributed by atoms with Crippen molar-refractivity contribution in [3.63, 3.8) is 0 Å². The fraction of sp³-hybridized carbons (Fsp3) is 0.900. The van der Waals surface area contributed by atoms with Gasteiger partial charge in [0.05, 0.1) is 12.6 Å². The summed E-state index contributed by atoms with van der Waals surface area (Å²) in [5.74, 6) is 6.29. The number of hydrogen-bond donors (Lipinski definition) is 2. The van der Waals surface area contributed by atoms with Crippen LogP contribution in [0.15, 0.2) is 0 Å². The minimum atomic E-state index is -0.000748. The average Bonchev–Trinajstić information content (AvgIpc) is 2.67. The van der Waals surface area contributed by atoms with Crippen molar-refractivity contribution >= 4 is 0 Å². The number of nitrogens with zero attached hydrogens (tertiary/aromatic N) is 4. The highest BCUT2D eigenvalue weighted by atomic mass is 16.5. The zero-order valence-corrected chi connectivity index (χ0v) is 10.4. The van der Waals surface area contributed by atoms with E-state index in [0.717, 1.165) is 19.3 Å². The van der Waals surface area contributed by atoms with Crippen LogP contribution in [0.1, 0.15) is 31.5 Å². The summed E-state index contributed by atoms with van der Waals surface area (Å²) in [6, 6.07) is 0.124. The van der Waals surface area contributed by atoms with Crippen LogP contribution in [-0.4, -0.2) is 39.0 Å². The number of aryl methyl sites for hydroxylation is 1. The molecule has 0 radical (unpaired) electrons. The van der Waals surface area contributed by atoms with Crippen molar-refractivity contribution in [2.75, 3.05) is 7.11 Å². The summed E-state index contributed by atoms with van der Waals surface area (Å²) in [5, 5.41) is 11.9. The minimum absolute atomic E-state index is 0.000748. The topological polar surface area (TPSA) is 90.9 Å². The Hall–Kier alpha value is -1.05. The van der Waals surface area contributed by atoms with Crippen molar-refractivity contribution in [3.8, 4) is 0 Å². The summed E-state index contributed by atoms with van der Waals surface area (Å²) < 4.78 is 5.59. The molecule has 3 N–H and O–H groups in total. The van der Waals surface area contributed by atoms with Gasteiger partial charge >= 0.3 is 0 Å². The van der Waals surface area contributed by atoms with Gasteiger partial charge < -0.3 is 4.74 Å². The Labute approximate surface area is 101 Å². The van der Waals surface area contributed by atoms with Gasteiger partial charge in [0.15, 0.2) is 5.82 Å². The average molecular weight is 240 g/mol. The minimum Gasteiger partial charge on any atom is -0.378 e. The van der Waals surface area contributed by atoms with Gasteiger partial charge in [-0.15, -0.1) is 10.2 Å². The molecule has 17 heavy (non-hydrogen) atoms. The lowest BCUT2D eigenvalue weighted by Gasteiger charge is -2.42. The van der Waals surface area contributed by atoms with Crippen LogP contribution in [0.3, 0.4) is 0 Å². The predicted molar refractivity (Wildman–Crippen MR) is 61.8 cm³/mol. The third-order valence-electron chi connectivity index (χ3n) is 3.53. The molecule has 2 rings (SSSR count). The summed E-state index contributed by atoms with van der Waals surface area (Å²) in [6.07, 6.45) is 5.01. The zero-order valence-electron chi connectivity index (χ0n) is 10.4. The number of rotatable bonds is 6. The number of hydrogen-bond acceptors (Lipinski definition) is 6. The number of nitrogens with two attached hydrogens (primary N) is 1. The van der Waals surface area contributed by atoms with Crippen molar-refractivity contribution in [3.05, 3.63) is 5.82 Å². The molecule has 0 bridgehead atoms. The van der Waals surface area contributed by atoms with Crippen molar-refractivity contribution in [2.45, 2.75) is 43.7 Å². The van der Waals surface area contributed by atoms with Gasteiger partial charge in [-0.25, -0.2) is 0 Å². The maximum Gasteiger partial charge on any atom is 0.176 e. The second-order valence-electron chi connectivity index (χ2n) is 4.71. The molecule has 0 aromatic carbocycles. The van der Waals surface area contributed by atoms with E-state index >= 15 is 0 Å². The Morgan fingerprint density at radius 3 is 2.76 bits per heavy atom. The van der Waals surface area contributed by atoms with Crippen molar-refractivity contribution in [1.29, 1.82) is 0 Å². The largest absolute Gasteiger partial charge is 0.378 e. The summed E-state index contributed by atoms with van der Waals surface area (Å²) in [7, 11) is 3.53. The second-order valence-corrected chi connectivity index (χ2v) is 4.71. The maximum atomic E-state index is 5.59. The smallest absolute Gasteiger partial charge is 0.176 e. The van der Waals surface area contributed by atoms with Gasteiger partial charge in [0, 0.05) is 19.6 Å². The number of methoxy groups -OCH3 is 1. The van der Waals surface area contributed by atoms with Crippen molar-refractivity contribution in [2.24, 2.45) is 12.9 Å². The summed E-state index contributed by atoms with van der Waals surface area (Å²) in [5.41, 5.74) is 2.82. The molecule has 96 valence electrons. The van der Waals surface area contributed by atoms with Crippen LogP contribution in [0.5, 0.6) is 0 Å². The molecule has 0 amide bonds. The van der Waals surface area contributed by atoms with Crippen LogP contribution in [0.2, 0.25) is 0 Å².